The fourth-order valence-electron chi connectivity index (χ4n) is 2.01. The Bertz CT molecular complexity index is 782. The van der Waals surface area contributed by atoms with Gasteiger partial charge in [-0.25, -0.2) is 0 Å². The molecule has 0 saturated carbocycles. The lowest BCUT2D eigenvalue weighted by Crippen LogP contribution is -1.96. The van der Waals surface area contributed by atoms with Crippen LogP contribution in [-0.2, 0) is 6.61 Å². The van der Waals surface area contributed by atoms with Crippen molar-refractivity contribution in [3.63, 3.8) is 0 Å². The first-order valence-corrected chi connectivity index (χ1v) is 6.17. The molecule has 3 rings (SSSR count). The second-order valence-electron chi connectivity index (χ2n) is 4.40. The zero-order valence-electron chi connectivity index (χ0n) is 10.7. The highest BCUT2D eigenvalue weighted by molar-refractivity contribution is 5.86. The molecule has 1 aromatic heterocycles. The van der Waals surface area contributed by atoms with Crippen LogP contribution in [0.4, 0.5) is 5.69 Å². The number of fused-ring (bicyclic) bond motifs is 1. The van der Waals surface area contributed by atoms with Crippen molar-refractivity contribution in [2.24, 2.45) is 0 Å². The smallest absolute Gasteiger partial charge is 0.246 e. The zero-order chi connectivity index (χ0) is 13.9. The highest BCUT2D eigenvalue weighted by Crippen LogP contribution is 2.33. The highest BCUT2D eigenvalue weighted by atomic mass is 16.5. The minimum absolute atomic E-state index is 0.196. The topological polar surface area (TPSA) is 72.2 Å². The van der Waals surface area contributed by atoms with Crippen molar-refractivity contribution in [2.45, 2.75) is 6.61 Å². The molecule has 20 heavy (non-hydrogen) atoms. The van der Waals surface area contributed by atoms with Gasteiger partial charge in [0.25, 0.3) is 0 Å². The number of hydrogen-bond acceptors (Lipinski definition) is 4. The van der Waals surface area contributed by atoms with Crippen molar-refractivity contribution in [1.29, 1.82) is 5.26 Å². The van der Waals surface area contributed by atoms with E-state index in [1.165, 1.54) is 0 Å². The van der Waals surface area contributed by atoms with E-state index in [9.17, 15) is 0 Å². The maximum Gasteiger partial charge on any atom is 0.246 e. The van der Waals surface area contributed by atoms with Crippen molar-refractivity contribution in [2.75, 3.05) is 5.73 Å². The molecule has 98 valence electrons. The molecule has 0 amide bonds. The summed E-state index contributed by atoms with van der Waals surface area (Å²) in [7, 11) is 0. The third kappa shape index (κ3) is 2.17. The third-order valence-corrected chi connectivity index (χ3v) is 3.01. The molecule has 0 aliphatic rings. The van der Waals surface area contributed by atoms with Crippen LogP contribution in [0.1, 0.15) is 11.3 Å². The zero-order valence-corrected chi connectivity index (χ0v) is 10.7. The lowest BCUT2D eigenvalue weighted by Gasteiger charge is -2.05. The molecule has 3 aromatic rings. The lowest BCUT2D eigenvalue weighted by molar-refractivity contribution is 0.303. The number of nitrogens with two attached hydrogens (primary N) is 1. The molecular formula is C16H12N2O2. The second kappa shape index (κ2) is 4.98. The van der Waals surface area contributed by atoms with E-state index >= 15 is 0 Å². The van der Waals surface area contributed by atoms with Gasteiger partial charge >= 0.3 is 0 Å². The van der Waals surface area contributed by atoms with Crippen molar-refractivity contribution in [1.82, 2.24) is 0 Å². The quantitative estimate of drug-likeness (QED) is 0.735. The Morgan fingerprint density at radius 2 is 1.85 bits per heavy atom. The van der Waals surface area contributed by atoms with E-state index in [-0.39, 0.29) is 5.76 Å². The van der Waals surface area contributed by atoms with Gasteiger partial charge in [0.05, 0.1) is 5.39 Å². The standard InChI is InChI=1S/C16H12N2O2/c17-9-15-16(13-3-1-2-4-14(13)20-15)19-10-11-5-7-12(18)8-6-11/h1-8H,10,18H2. The van der Waals surface area contributed by atoms with Crippen LogP contribution in [0.3, 0.4) is 0 Å². The van der Waals surface area contributed by atoms with Gasteiger partial charge in [-0.3, -0.25) is 0 Å². The minimum Gasteiger partial charge on any atom is -0.483 e. The van der Waals surface area contributed by atoms with Crippen LogP contribution < -0.4 is 10.5 Å². The fourth-order valence-corrected chi connectivity index (χ4v) is 2.01. The van der Waals surface area contributed by atoms with Gasteiger partial charge in [0, 0.05) is 5.69 Å². The number of benzene rings is 2. The molecule has 2 aromatic carbocycles. The van der Waals surface area contributed by atoms with Crippen LogP contribution in [0, 0.1) is 11.3 Å². The van der Waals surface area contributed by atoms with Gasteiger partial charge in [-0.15, -0.1) is 0 Å². The summed E-state index contributed by atoms with van der Waals surface area (Å²) in [5.41, 5.74) is 7.98. The molecular weight excluding hydrogens is 252 g/mol. The molecule has 2 N–H and O–H groups in total. The normalized spacial score (nSPS) is 10.3. The molecule has 4 nitrogen and oxygen atoms in total. The van der Waals surface area contributed by atoms with Crippen LogP contribution in [-0.4, -0.2) is 0 Å². The SMILES string of the molecule is N#Cc1oc2ccccc2c1OCc1ccc(N)cc1. The van der Waals surface area contributed by atoms with Gasteiger partial charge in [0.15, 0.2) is 5.75 Å². The van der Waals surface area contributed by atoms with E-state index in [0.29, 0.717) is 23.6 Å². The van der Waals surface area contributed by atoms with Gasteiger partial charge in [-0.05, 0) is 29.8 Å². The number of nitrogens with zero attached hydrogens (tertiary/aromatic N) is 1. The summed E-state index contributed by atoms with van der Waals surface area (Å²) in [6.07, 6.45) is 0. The van der Waals surface area contributed by atoms with Crippen molar-refractivity contribution >= 4 is 16.7 Å². The number of anilines is 1. The molecule has 0 atom stereocenters. The molecule has 0 unspecified atom stereocenters. The highest BCUT2D eigenvalue weighted by Gasteiger charge is 2.14. The summed E-state index contributed by atoms with van der Waals surface area (Å²) >= 11 is 0. The third-order valence-electron chi connectivity index (χ3n) is 3.01. The summed E-state index contributed by atoms with van der Waals surface area (Å²) in [6, 6.07) is 16.9. The Labute approximate surface area is 116 Å². The first-order chi connectivity index (χ1) is 9.78. The number of nitriles is 1. The molecule has 0 spiro atoms. The fraction of sp³-hybridized carbons (Fsp3) is 0.0625. The Morgan fingerprint density at radius 1 is 1.10 bits per heavy atom. The Hall–Kier alpha value is -2.93. The number of nitrogen functional groups attached to an aromatic ring is 1. The van der Waals surface area contributed by atoms with Gasteiger partial charge in [0.2, 0.25) is 5.76 Å². The maximum absolute atomic E-state index is 9.11. The second-order valence-corrected chi connectivity index (χ2v) is 4.40. The Morgan fingerprint density at radius 3 is 2.60 bits per heavy atom. The van der Waals surface area contributed by atoms with E-state index in [1.54, 1.807) is 0 Å². The number of rotatable bonds is 3. The van der Waals surface area contributed by atoms with E-state index in [1.807, 2.05) is 54.6 Å². The van der Waals surface area contributed by atoms with Crippen LogP contribution in [0.25, 0.3) is 11.0 Å². The molecule has 1 heterocycles. The number of ether oxygens (including phenoxy) is 1. The van der Waals surface area contributed by atoms with E-state index in [4.69, 9.17) is 20.1 Å². The summed E-state index contributed by atoms with van der Waals surface area (Å²) in [6.45, 7) is 0.360. The summed E-state index contributed by atoms with van der Waals surface area (Å²) in [5.74, 6) is 0.682. The minimum atomic E-state index is 0.196. The molecule has 0 aliphatic heterocycles. The van der Waals surface area contributed by atoms with Crippen LogP contribution >= 0.6 is 0 Å². The van der Waals surface area contributed by atoms with Crippen molar-refractivity contribution in [3.8, 4) is 11.8 Å². The van der Waals surface area contributed by atoms with Crippen LogP contribution in [0.5, 0.6) is 5.75 Å². The predicted octanol–water partition coefficient (Wildman–Crippen LogP) is 3.47. The van der Waals surface area contributed by atoms with Crippen LogP contribution in [0.2, 0.25) is 0 Å². The molecule has 0 bridgehead atoms. The molecule has 0 aliphatic carbocycles. The number of hydrogen-bond donors (Lipinski definition) is 1. The van der Waals surface area contributed by atoms with Crippen LogP contribution in [0.15, 0.2) is 52.9 Å². The van der Waals surface area contributed by atoms with E-state index < -0.39 is 0 Å². The predicted molar refractivity (Wildman–Crippen MR) is 76.1 cm³/mol. The summed E-state index contributed by atoms with van der Waals surface area (Å²) in [5, 5.41) is 9.92. The lowest BCUT2D eigenvalue weighted by atomic mass is 10.2. The average Bonchev–Trinajstić information content (AvgIpc) is 2.84. The molecule has 0 radical (unpaired) electrons. The number of para-hydroxylation sites is 1. The van der Waals surface area contributed by atoms with Crippen molar-refractivity contribution in [3.05, 3.63) is 59.9 Å². The summed E-state index contributed by atoms with van der Waals surface area (Å²) < 4.78 is 11.2. The molecule has 0 fully saturated rings. The van der Waals surface area contributed by atoms with Gasteiger partial charge < -0.3 is 14.9 Å². The summed E-state index contributed by atoms with van der Waals surface area (Å²) in [4.78, 5) is 0. The Kier molecular flexibility index (Phi) is 3.02. The van der Waals surface area contributed by atoms with E-state index in [0.717, 1.165) is 10.9 Å². The van der Waals surface area contributed by atoms with Gasteiger partial charge in [-0.1, -0.05) is 24.3 Å². The van der Waals surface area contributed by atoms with Gasteiger partial charge in [0.1, 0.15) is 18.3 Å². The van der Waals surface area contributed by atoms with Gasteiger partial charge in [-0.2, -0.15) is 5.26 Å². The molecule has 0 saturated heterocycles. The molecule has 4 heteroatoms. The van der Waals surface area contributed by atoms with Crippen molar-refractivity contribution < 1.29 is 9.15 Å². The maximum atomic E-state index is 9.11. The number of furan rings is 1. The Balaban J connectivity index is 1.90. The monoisotopic (exact) mass is 264 g/mol. The largest absolute Gasteiger partial charge is 0.483 e. The first kappa shape index (κ1) is 12.1. The average molecular weight is 264 g/mol. The van der Waals surface area contributed by atoms with E-state index in [2.05, 4.69) is 0 Å². The first-order valence-electron chi connectivity index (χ1n) is 6.17.